The fraction of sp³-hybridized carbons (Fsp3) is 0.625. The smallest absolute Gasteiger partial charge is 0.226 e. The molecule has 1 saturated heterocycles. The molecule has 22 heavy (non-hydrogen) atoms. The van der Waals surface area contributed by atoms with Crippen molar-refractivity contribution < 1.29 is 9.59 Å². The lowest BCUT2D eigenvalue weighted by Crippen LogP contribution is -2.47. The average Bonchev–Trinajstić information content (AvgIpc) is 2.61. The lowest BCUT2D eigenvalue weighted by molar-refractivity contribution is -0.128. The summed E-state index contributed by atoms with van der Waals surface area (Å²) < 4.78 is 0. The van der Waals surface area contributed by atoms with Crippen LogP contribution in [0.2, 0.25) is 0 Å². The van der Waals surface area contributed by atoms with E-state index < -0.39 is 5.54 Å². The van der Waals surface area contributed by atoms with Crippen LogP contribution in [0.15, 0.2) is 6.07 Å². The number of nitrogens with zero attached hydrogens (tertiary/aromatic N) is 3. The molecule has 1 aliphatic heterocycles. The van der Waals surface area contributed by atoms with Crippen LogP contribution in [0.4, 0.5) is 0 Å². The molecule has 2 rings (SSSR count). The van der Waals surface area contributed by atoms with E-state index in [-0.39, 0.29) is 24.2 Å². The zero-order valence-electron chi connectivity index (χ0n) is 13.9. The molecule has 0 aliphatic carbocycles. The summed E-state index contributed by atoms with van der Waals surface area (Å²) in [7, 11) is 1.75. The summed E-state index contributed by atoms with van der Waals surface area (Å²) >= 11 is 0. The second-order valence-electron chi connectivity index (χ2n) is 6.47. The highest BCUT2D eigenvalue weighted by molar-refractivity contribution is 5.90. The number of carbonyl (C=O) groups excluding carboxylic acids is 2. The lowest BCUT2D eigenvalue weighted by atomic mass is 9.88. The Morgan fingerprint density at radius 1 is 1.36 bits per heavy atom. The van der Waals surface area contributed by atoms with Gasteiger partial charge < -0.3 is 10.2 Å². The van der Waals surface area contributed by atoms with Crippen molar-refractivity contribution in [3.63, 3.8) is 0 Å². The molecule has 0 aromatic carbocycles. The Balaban J connectivity index is 1.92. The van der Waals surface area contributed by atoms with E-state index in [1.165, 1.54) is 0 Å². The molecule has 1 aromatic heterocycles. The first-order valence-electron chi connectivity index (χ1n) is 7.57. The highest BCUT2D eigenvalue weighted by Crippen LogP contribution is 2.34. The van der Waals surface area contributed by atoms with Crippen LogP contribution >= 0.6 is 0 Å². The molecule has 120 valence electrons. The fourth-order valence-electron chi connectivity index (χ4n) is 2.86. The molecule has 1 fully saturated rings. The standard InChI is InChI=1S/C16H24N4O2/c1-10-8-11(2)19-13(18-10)6-7-17-15(22)12-9-14(21)20(5)16(12,3)4/h8,12H,6-7,9H2,1-5H3,(H,17,22). The summed E-state index contributed by atoms with van der Waals surface area (Å²) in [6.07, 6.45) is 0.862. The van der Waals surface area contributed by atoms with Gasteiger partial charge in [-0.3, -0.25) is 9.59 Å². The number of amides is 2. The summed E-state index contributed by atoms with van der Waals surface area (Å²) in [6.45, 7) is 8.19. The van der Waals surface area contributed by atoms with E-state index >= 15 is 0 Å². The number of carbonyl (C=O) groups is 2. The maximum Gasteiger partial charge on any atom is 0.226 e. The molecule has 1 unspecified atom stereocenters. The minimum absolute atomic E-state index is 0.0165. The summed E-state index contributed by atoms with van der Waals surface area (Å²) in [5.74, 6) is 0.358. The number of aryl methyl sites for hydroxylation is 2. The van der Waals surface area contributed by atoms with Gasteiger partial charge in [-0.2, -0.15) is 0 Å². The molecule has 1 atom stereocenters. The van der Waals surface area contributed by atoms with Crippen LogP contribution in [0.3, 0.4) is 0 Å². The van der Waals surface area contributed by atoms with Crippen molar-refractivity contribution in [1.82, 2.24) is 20.2 Å². The maximum atomic E-state index is 12.3. The third-order valence-corrected chi connectivity index (χ3v) is 4.46. The molecule has 6 heteroatoms. The predicted octanol–water partition coefficient (Wildman–Crippen LogP) is 1.01. The molecule has 6 nitrogen and oxygen atoms in total. The fourth-order valence-corrected chi connectivity index (χ4v) is 2.86. The molecule has 1 N–H and O–H groups in total. The van der Waals surface area contributed by atoms with Gasteiger partial charge in [-0.1, -0.05) is 0 Å². The Hall–Kier alpha value is -1.98. The van der Waals surface area contributed by atoms with Gasteiger partial charge >= 0.3 is 0 Å². The van der Waals surface area contributed by atoms with Crippen molar-refractivity contribution in [2.45, 2.75) is 46.1 Å². The van der Waals surface area contributed by atoms with Crippen molar-refractivity contribution in [2.24, 2.45) is 5.92 Å². The molecule has 0 saturated carbocycles. The third kappa shape index (κ3) is 3.26. The van der Waals surface area contributed by atoms with Gasteiger partial charge in [-0.25, -0.2) is 9.97 Å². The number of hydrogen-bond donors (Lipinski definition) is 1. The Kier molecular flexibility index (Phi) is 4.49. The van der Waals surface area contributed by atoms with Gasteiger partial charge in [0.1, 0.15) is 5.82 Å². The SMILES string of the molecule is Cc1cc(C)nc(CCNC(=O)C2CC(=O)N(C)C2(C)C)n1. The molecule has 0 spiro atoms. The molecule has 0 radical (unpaired) electrons. The topological polar surface area (TPSA) is 75.2 Å². The Labute approximate surface area is 131 Å². The van der Waals surface area contributed by atoms with E-state index in [1.807, 2.05) is 33.8 Å². The first-order chi connectivity index (χ1) is 10.2. The van der Waals surface area contributed by atoms with Crippen LogP contribution in [0, 0.1) is 19.8 Å². The van der Waals surface area contributed by atoms with E-state index in [9.17, 15) is 9.59 Å². The van der Waals surface area contributed by atoms with E-state index in [0.29, 0.717) is 13.0 Å². The monoisotopic (exact) mass is 304 g/mol. The van der Waals surface area contributed by atoms with E-state index in [2.05, 4.69) is 15.3 Å². The molecule has 2 amide bonds. The minimum atomic E-state index is -0.447. The number of aromatic nitrogens is 2. The van der Waals surface area contributed by atoms with Crippen LogP contribution < -0.4 is 5.32 Å². The minimum Gasteiger partial charge on any atom is -0.355 e. The maximum absolute atomic E-state index is 12.3. The average molecular weight is 304 g/mol. The first-order valence-corrected chi connectivity index (χ1v) is 7.57. The molecule has 0 bridgehead atoms. The summed E-state index contributed by atoms with van der Waals surface area (Å²) in [5, 5.41) is 2.91. The van der Waals surface area contributed by atoms with Crippen LogP contribution in [-0.2, 0) is 16.0 Å². The number of likely N-dealkylation sites (tertiary alicyclic amines) is 1. The zero-order valence-corrected chi connectivity index (χ0v) is 13.9. The second kappa shape index (κ2) is 6.02. The molecular formula is C16H24N4O2. The second-order valence-corrected chi connectivity index (χ2v) is 6.47. The van der Waals surface area contributed by atoms with Crippen molar-refractivity contribution in [3.05, 3.63) is 23.3 Å². The van der Waals surface area contributed by atoms with Gasteiger partial charge in [0.2, 0.25) is 11.8 Å². The highest BCUT2D eigenvalue weighted by Gasteiger charge is 2.47. The van der Waals surface area contributed by atoms with Gasteiger partial charge in [-0.05, 0) is 33.8 Å². The van der Waals surface area contributed by atoms with Crippen molar-refractivity contribution >= 4 is 11.8 Å². The molecular weight excluding hydrogens is 280 g/mol. The summed E-state index contributed by atoms with van der Waals surface area (Å²) in [4.78, 5) is 34.5. The summed E-state index contributed by atoms with van der Waals surface area (Å²) in [5.41, 5.74) is 1.41. The lowest BCUT2D eigenvalue weighted by Gasteiger charge is -2.32. The van der Waals surface area contributed by atoms with Crippen LogP contribution in [0.1, 0.15) is 37.5 Å². The van der Waals surface area contributed by atoms with E-state index in [0.717, 1.165) is 17.2 Å². The Morgan fingerprint density at radius 3 is 2.45 bits per heavy atom. The number of nitrogens with one attached hydrogen (secondary N) is 1. The Morgan fingerprint density at radius 2 is 1.95 bits per heavy atom. The molecule has 2 heterocycles. The number of hydrogen-bond acceptors (Lipinski definition) is 4. The molecule has 1 aliphatic rings. The predicted molar refractivity (Wildman–Crippen MR) is 83.2 cm³/mol. The van der Waals surface area contributed by atoms with Gasteiger partial charge in [0, 0.05) is 43.4 Å². The third-order valence-electron chi connectivity index (χ3n) is 4.46. The number of rotatable bonds is 4. The highest BCUT2D eigenvalue weighted by atomic mass is 16.2. The van der Waals surface area contributed by atoms with Crippen molar-refractivity contribution in [3.8, 4) is 0 Å². The van der Waals surface area contributed by atoms with E-state index in [1.54, 1.807) is 11.9 Å². The van der Waals surface area contributed by atoms with Crippen LogP contribution in [-0.4, -0.2) is 45.8 Å². The normalized spacial score (nSPS) is 20.3. The van der Waals surface area contributed by atoms with Crippen LogP contribution in [0.5, 0.6) is 0 Å². The Bertz CT molecular complexity index is 578. The zero-order chi connectivity index (χ0) is 16.5. The first kappa shape index (κ1) is 16.4. The summed E-state index contributed by atoms with van der Waals surface area (Å²) in [6, 6.07) is 1.92. The quantitative estimate of drug-likeness (QED) is 0.901. The van der Waals surface area contributed by atoms with Gasteiger partial charge in [0.15, 0.2) is 0 Å². The van der Waals surface area contributed by atoms with Gasteiger partial charge in [0.25, 0.3) is 0 Å². The van der Waals surface area contributed by atoms with Crippen molar-refractivity contribution in [2.75, 3.05) is 13.6 Å². The van der Waals surface area contributed by atoms with E-state index in [4.69, 9.17) is 0 Å². The largest absolute Gasteiger partial charge is 0.355 e. The molecule has 1 aromatic rings. The van der Waals surface area contributed by atoms with Crippen molar-refractivity contribution in [1.29, 1.82) is 0 Å². The van der Waals surface area contributed by atoms with Crippen LogP contribution in [0.25, 0.3) is 0 Å². The van der Waals surface area contributed by atoms with Gasteiger partial charge in [-0.15, -0.1) is 0 Å². The van der Waals surface area contributed by atoms with Gasteiger partial charge in [0.05, 0.1) is 5.92 Å².